The van der Waals surface area contributed by atoms with Crippen LogP contribution in [-0.4, -0.2) is 25.7 Å². The van der Waals surface area contributed by atoms with E-state index in [1.807, 2.05) is 6.08 Å². The van der Waals surface area contributed by atoms with Gasteiger partial charge in [-0.25, -0.2) is 0 Å². The van der Waals surface area contributed by atoms with Crippen molar-refractivity contribution in [2.24, 2.45) is 22.7 Å². The Morgan fingerprint density at radius 3 is 2.61 bits per heavy atom. The number of allylic oxidation sites excluding steroid dienone is 3. The summed E-state index contributed by atoms with van der Waals surface area (Å²) in [6, 6.07) is 0. The highest BCUT2D eigenvalue weighted by Gasteiger charge is 2.51. The fourth-order valence-corrected chi connectivity index (χ4v) is 5.69. The Balaban J connectivity index is 1.93. The number of fused-ring (bicyclic) bond motifs is 1. The summed E-state index contributed by atoms with van der Waals surface area (Å²) in [5.74, 6) is 0.271. The van der Waals surface area contributed by atoms with Crippen molar-refractivity contribution in [1.29, 1.82) is 0 Å². The minimum Gasteiger partial charge on any atom is -0.469 e. The van der Waals surface area contributed by atoms with E-state index in [2.05, 4.69) is 45.4 Å². The maximum atomic E-state index is 11.5. The van der Waals surface area contributed by atoms with E-state index in [9.17, 15) is 9.59 Å². The predicted molar refractivity (Wildman–Crippen MR) is 112 cm³/mol. The van der Waals surface area contributed by atoms with E-state index in [1.165, 1.54) is 38.4 Å². The first-order valence-electron chi connectivity index (χ1n) is 10.6. The lowest BCUT2D eigenvalue weighted by atomic mass is 9.48. The number of carbonyl (C=O) groups excluding carboxylic acids is 2. The third kappa shape index (κ3) is 5.27. The lowest BCUT2D eigenvalue weighted by Crippen LogP contribution is -2.48. The molecule has 0 aromatic heterocycles. The monoisotopic (exact) mass is 390 g/mol. The van der Waals surface area contributed by atoms with Gasteiger partial charge in [-0.15, -0.1) is 0 Å². The van der Waals surface area contributed by atoms with Crippen LogP contribution in [0.25, 0.3) is 0 Å². The Morgan fingerprint density at radius 2 is 1.93 bits per heavy atom. The molecule has 2 rings (SSSR count). The zero-order chi connectivity index (χ0) is 20.9. The van der Waals surface area contributed by atoms with Gasteiger partial charge in [0.15, 0.2) is 0 Å². The van der Waals surface area contributed by atoms with Crippen LogP contribution in [0.5, 0.6) is 0 Å². The van der Waals surface area contributed by atoms with E-state index < -0.39 is 11.9 Å². The number of esters is 2. The minimum absolute atomic E-state index is 0.216. The second-order valence-corrected chi connectivity index (χ2v) is 9.66. The van der Waals surface area contributed by atoms with Crippen LogP contribution in [0.3, 0.4) is 0 Å². The van der Waals surface area contributed by atoms with Crippen molar-refractivity contribution >= 4 is 11.9 Å². The van der Waals surface area contributed by atoms with Crippen LogP contribution in [0.1, 0.15) is 79.6 Å². The molecule has 0 N–H and O–H groups in total. The Hall–Kier alpha value is -1.58. The average Bonchev–Trinajstić information content (AvgIpc) is 2.60. The van der Waals surface area contributed by atoms with Crippen molar-refractivity contribution in [3.8, 4) is 0 Å². The van der Waals surface area contributed by atoms with Gasteiger partial charge >= 0.3 is 11.9 Å². The molecule has 0 aliphatic heterocycles. The molecule has 0 heterocycles. The van der Waals surface area contributed by atoms with Gasteiger partial charge in [-0.1, -0.05) is 44.4 Å². The first-order chi connectivity index (χ1) is 13.1. The fraction of sp³-hybridized carbons (Fsp3) is 0.750. The van der Waals surface area contributed by atoms with Crippen LogP contribution < -0.4 is 0 Å². The van der Waals surface area contributed by atoms with E-state index in [0.717, 1.165) is 18.8 Å². The summed E-state index contributed by atoms with van der Waals surface area (Å²) in [5.41, 5.74) is 3.59. The van der Waals surface area contributed by atoms with E-state index in [-0.39, 0.29) is 13.0 Å². The summed E-state index contributed by atoms with van der Waals surface area (Å²) in [6.45, 7) is 12.0. The summed E-state index contributed by atoms with van der Waals surface area (Å²) in [5, 5.41) is 0. The van der Waals surface area contributed by atoms with Crippen molar-refractivity contribution in [2.45, 2.75) is 79.6 Å². The third-order valence-corrected chi connectivity index (χ3v) is 7.32. The van der Waals surface area contributed by atoms with Crippen molar-refractivity contribution in [1.82, 2.24) is 0 Å². The average molecular weight is 391 g/mol. The number of rotatable bonds is 7. The van der Waals surface area contributed by atoms with Gasteiger partial charge in [0.05, 0.1) is 7.11 Å². The number of hydrogen-bond acceptors (Lipinski definition) is 4. The Kier molecular flexibility index (Phi) is 7.52. The normalized spacial score (nSPS) is 29.5. The predicted octanol–water partition coefficient (Wildman–Crippen LogP) is 5.62. The van der Waals surface area contributed by atoms with Crippen molar-refractivity contribution in [2.75, 3.05) is 13.7 Å². The van der Waals surface area contributed by atoms with Crippen LogP contribution in [0, 0.1) is 22.7 Å². The molecule has 0 aromatic rings. The summed E-state index contributed by atoms with van der Waals surface area (Å²) in [7, 11) is 1.26. The fourth-order valence-electron chi connectivity index (χ4n) is 5.69. The maximum Gasteiger partial charge on any atom is 0.317 e. The van der Waals surface area contributed by atoms with Gasteiger partial charge in [-0.2, -0.15) is 0 Å². The molecule has 2 aliphatic rings. The molecule has 28 heavy (non-hydrogen) atoms. The van der Waals surface area contributed by atoms with Crippen LogP contribution in [0.4, 0.5) is 0 Å². The number of ether oxygens (including phenoxy) is 2. The molecule has 4 nitrogen and oxygen atoms in total. The molecular weight excluding hydrogens is 352 g/mol. The molecule has 4 heteroatoms. The topological polar surface area (TPSA) is 52.6 Å². The molecule has 0 amide bonds. The second-order valence-electron chi connectivity index (χ2n) is 9.66. The third-order valence-electron chi connectivity index (χ3n) is 7.32. The summed E-state index contributed by atoms with van der Waals surface area (Å²) >= 11 is 0. The smallest absolute Gasteiger partial charge is 0.317 e. The van der Waals surface area contributed by atoms with Gasteiger partial charge in [0.1, 0.15) is 13.0 Å². The summed E-state index contributed by atoms with van der Waals surface area (Å²) < 4.78 is 9.57. The largest absolute Gasteiger partial charge is 0.469 e. The molecule has 0 saturated heterocycles. The van der Waals surface area contributed by atoms with Crippen LogP contribution >= 0.6 is 0 Å². The molecule has 1 fully saturated rings. The van der Waals surface area contributed by atoms with Crippen molar-refractivity contribution in [3.05, 3.63) is 23.3 Å². The number of carbonyl (C=O) groups is 2. The highest BCUT2D eigenvalue weighted by Crippen LogP contribution is 2.60. The van der Waals surface area contributed by atoms with Crippen LogP contribution in [0.2, 0.25) is 0 Å². The SMILES string of the molecule is COC(=O)CC(=O)OC/C=C(\C)CC[C@H]1C(C)=CC[C@H]2C(C)(C)CCC[C@]12C. The molecule has 2 aliphatic carbocycles. The Morgan fingerprint density at radius 1 is 1.21 bits per heavy atom. The summed E-state index contributed by atoms with van der Waals surface area (Å²) in [6.07, 6.45) is 11.5. The van der Waals surface area contributed by atoms with E-state index in [0.29, 0.717) is 16.7 Å². The molecule has 1 saturated carbocycles. The molecule has 0 bridgehead atoms. The Bertz CT molecular complexity index is 643. The lowest BCUT2D eigenvalue weighted by Gasteiger charge is -2.57. The van der Waals surface area contributed by atoms with E-state index in [1.54, 1.807) is 5.57 Å². The van der Waals surface area contributed by atoms with Gasteiger partial charge in [-0.05, 0) is 74.7 Å². The van der Waals surface area contributed by atoms with E-state index >= 15 is 0 Å². The standard InChI is InChI=1S/C24H38O4/c1-17(12-15-28-22(26)16-21(25)27-6)8-10-19-18(2)9-11-20-23(3,4)13-7-14-24(19,20)5/h9,12,19-20H,7-8,10-11,13-16H2,1-6H3/b17-12+/t19-,20-,24+/m0/s1. The van der Waals surface area contributed by atoms with E-state index in [4.69, 9.17) is 4.74 Å². The second kappa shape index (κ2) is 9.28. The van der Waals surface area contributed by atoms with Gasteiger partial charge < -0.3 is 9.47 Å². The van der Waals surface area contributed by atoms with Gasteiger partial charge in [-0.3, -0.25) is 9.59 Å². The highest BCUT2D eigenvalue weighted by molar-refractivity contribution is 5.91. The lowest BCUT2D eigenvalue weighted by molar-refractivity contribution is -0.152. The Labute approximate surface area is 170 Å². The molecule has 0 unspecified atom stereocenters. The van der Waals surface area contributed by atoms with Gasteiger partial charge in [0.2, 0.25) is 0 Å². The van der Waals surface area contributed by atoms with Crippen molar-refractivity contribution in [3.63, 3.8) is 0 Å². The first kappa shape index (κ1) is 22.7. The molecule has 0 radical (unpaired) electrons. The minimum atomic E-state index is -0.566. The molecule has 158 valence electrons. The molecular formula is C24H38O4. The summed E-state index contributed by atoms with van der Waals surface area (Å²) in [4.78, 5) is 22.6. The molecule has 0 spiro atoms. The zero-order valence-electron chi connectivity index (χ0n) is 18.6. The first-order valence-corrected chi connectivity index (χ1v) is 10.6. The van der Waals surface area contributed by atoms with Crippen LogP contribution in [0.15, 0.2) is 23.3 Å². The highest BCUT2D eigenvalue weighted by atomic mass is 16.5. The number of hydrogen-bond donors (Lipinski definition) is 0. The maximum absolute atomic E-state index is 11.5. The zero-order valence-corrected chi connectivity index (χ0v) is 18.6. The number of methoxy groups -OCH3 is 1. The van der Waals surface area contributed by atoms with Crippen LogP contribution in [-0.2, 0) is 19.1 Å². The van der Waals surface area contributed by atoms with Gasteiger partial charge in [0, 0.05) is 0 Å². The molecule has 3 atom stereocenters. The van der Waals surface area contributed by atoms with Gasteiger partial charge in [0.25, 0.3) is 0 Å². The van der Waals surface area contributed by atoms with Crippen molar-refractivity contribution < 1.29 is 19.1 Å². The quantitative estimate of drug-likeness (QED) is 0.322. The molecule has 0 aromatic carbocycles.